The molecule has 0 bridgehead atoms. The number of aryl methyl sites for hydroxylation is 1. The summed E-state index contributed by atoms with van der Waals surface area (Å²) in [5.74, 6) is -0.0722. The highest BCUT2D eigenvalue weighted by molar-refractivity contribution is 7.09. The third-order valence-corrected chi connectivity index (χ3v) is 3.53. The number of aromatic nitrogens is 1. The van der Waals surface area contributed by atoms with E-state index in [2.05, 4.69) is 15.2 Å². The Morgan fingerprint density at radius 3 is 3.00 bits per heavy atom. The van der Waals surface area contributed by atoms with Gasteiger partial charge >= 0.3 is 0 Å². The monoisotopic (exact) mass is 255 g/mol. The fourth-order valence-corrected chi connectivity index (χ4v) is 2.33. The molecule has 1 aromatic rings. The van der Waals surface area contributed by atoms with Crippen molar-refractivity contribution in [3.05, 3.63) is 16.1 Å². The molecule has 0 atom stereocenters. The Morgan fingerprint density at radius 1 is 1.59 bits per heavy atom. The average molecular weight is 255 g/mol. The minimum Gasteiger partial charge on any atom is -0.379 e. The van der Waals surface area contributed by atoms with E-state index in [-0.39, 0.29) is 5.91 Å². The van der Waals surface area contributed by atoms with Crippen LogP contribution in [0.3, 0.4) is 0 Å². The molecule has 1 N–H and O–H groups in total. The zero-order valence-electron chi connectivity index (χ0n) is 9.94. The van der Waals surface area contributed by atoms with E-state index in [0.717, 1.165) is 37.7 Å². The Hall–Kier alpha value is -0.980. The minimum atomic E-state index is -0.0722. The summed E-state index contributed by atoms with van der Waals surface area (Å²) in [5.41, 5.74) is 2.25. The number of carbonyl (C=O) groups is 1. The van der Waals surface area contributed by atoms with Gasteiger partial charge in [-0.2, -0.15) is 0 Å². The number of amides is 1. The van der Waals surface area contributed by atoms with Gasteiger partial charge in [-0.3, -0.25) is 9.69 Å². The van der Waals surface area contributed by atoms with Crippen LogP contribution in [0.1, 0.15) is 15.4 Å². The van der Waals surface area contributed by atoms with E-state index in [4.69, 9.17) is 4.74 Å². The van der Waals surface area contributed by atoms with Crippen LogP contribution in [-0.4, -0.2) is 55.2 Å². The standard InChI is InChI=1S/C11H17N3O2S/c1-9-10(13-8-17-9)11(15)12-2-3-14-4-6-16-7-5-14/h8H,2-7H2,1H3,(H,12,15). The predicted molar refractivity (Wildman–Crippen MR) is 66.4 cm³/mol. The summed E-state index contributed by atoms with van der Waals surface area (Å²) in [7, 11) is 0. The van der Waals surface area contributed by atoms with Gasteiger partial charge < -0.3 is 10.1 Å². The first kappa shape index (κ1) is 12.5. The SMILES string of the molecule is Cc1scnc1C(=O)NCCN1CCOCC1. The molecule has 0 aromatic carbocycles. The molecule has 6 heteroatoms. The van der Waals surface area contributed by atoms with Crippen molar-refractivity contribution in [3.8, 4) is 0 Å². The van der Waals surface area contributed by atoms with Crippen molar-refractivity contribution in [2.45, 2.75) is 6.92 Å². The summed E-state index contributed by atoms with van der Waals surface area (Å²) < 4.78 is 5.26. The molecule has 2 heterocycles. The lowest BCUT2D eigenvalue weighted by atomic mass is 10.3. The molecule has 17 heavy (non-hydrogen) atoms. The van der Waals surface area contributed by atoms with Crippen LogP contribution in [0.5, 0.6) is 0 Å². The summed E-state index contributed by atoms with van der Waals surface area (Å²) >= 11 is 1.50. The van der Waals surface area contributed by atoms with Crippen LogP contribution in [0, 0.1) is 6.92 Å². The molecule has 1 saturated heterocycles. The highest BCUT2D eigenvalue weighted by atomic mass is 32.1. The molecule has 1 amide bonds. The van der Waals surface area contributed by atoms with E-state index < -0.39 is 0 Å². The van der Waals surface area contributed by atoms with Crippen LogP contribution >= 0.6 is 11.3 Å². The maximum absolute atomic E-state index is 11.8. The second kappa shape index (κ2) is 6.09. The van der Waals surface area contributed by atoms with Crippen molar-refractivity contribution in [2.75, 3.05) is 39.4 Å². The molecule has 0 aliphatic carbocycles. The van der Waals surface area contributed by atoms with Gasteiger partial charge in [0, 0.05) is 31.1 Å². The first-order chi connectivity index (χ1) is 8.27. The van der Waals surface area contributed by atoms with E-state index >= 15 is 0 Å². The highest BCUT2D eigenvalue weighted by Crippen LogP contribution is 2.10. The fraction of sp³-hybridized carbons (Fsp3) is 0.636. The zero-order valence-corrected chi connectivity index (χ0v) is 10.8. The molecular formula is C11H17N3O2S. The van der Waals surface area contributed by atoms with Gasteiger partial charge in [0.05, 0.1) is 18.7 Å². The largest absolute Gasteiger partial charge is 0.379 e. The van der Waals surface area contributed by atoms with E-state index in [9.17, 15) is 4.79 Å². The first-order valence-electron chi connectivity index (χ1n) is 5.76. The lowest BCUT2D eigenvalue weighted by Gasteiger charge is -2.26. The van der Waals surface area contributed by atoms with Crippen molar-refractivity contribution in [1.82, 2.24) is 15.2 Å². The van der Waals surface area contributed by atoms with Crippen molar-refractivity contribution in [3.63, 3.8) is 0 Å². The van der Waals surface area contributed by atoms with Crippen LogP contribution < -0.4 is 5.32 Å². The maximum atomic E-state index is 11.8. The van der Waals surface area contributed by atoms with Gasteiger partial charge in [-0.05, 0) is 6.92 Å². The number of hydrogen-bond acceptors (Lipinski definition) is 5. The first-order valence-corrected chi connectivity index (χ1v) is 6.63. The average Bonchev–Trinajstić information content (AvgIpc) is 2.77. The van der Waals surface area contributed by atoms with Crippen molar-refractivity contribution in [1.29, 1.82) is 0 Å². The van der Waals surface area contributed by atoms with Crippen molar-refractivity contribution < 1.29 is 9.53 Å². The molecule has 0 unspecified atom stereocenters. The van der Waals surface area contributed by atoms with Crippen LogP contribution in [0.2, 0.25) is 0 Å². The lowest BCUT2D eigenvalue weighted by Crippen LogP contribution is -2.41. The summed E-state index contributed by atoms with van der Waals surface area (Å²) in [6, 6.07) is 0. The second-order valence-corrected chi connectivity index (χ2v) is 5.03. The third-order valence-electron chi connectivity index (χ3n) is 2.78. The number of hydrogen-bond donors (Lipinski definition) is 1. The van der Waals surface area contributed by atoms with Gasteiger partial charge in [-0.25, -0.2) is 4.98 Å². The fourth-order valence-electron chi connectivity index (χ4n) is 1.76. The number of carbonyl (C=O) groups excluding carboxylic acids is 1. The summed E-state index contributed by atoms with van der Waals surface area (Å²) in [6.45, 7) is 6.93. The molecule has 1 aliphatic rings. The topological polar surface area (TPSA) is 54.5 Å². The molecule has 2 rings (SSSR count). The van der Waals surface area contributed by atoms with Gasteiger partial charge in [-0.1, -0.05) is 0 Å². The van der Waals surface area contributed by atoms with Gasteiger partial charge in [0.25, 0.3) is 5.91 Å². The Labute approximate surface area is 105 Å². The number of thiazole rings is 1. The quantitative estimate of drug-likeness (QED) is 0.852. The zero-order chi connectivity index (χ0) is 12.1. The lowest BCUT2D eigenvalue weighted by molar-refractivity contribution is 0.0383. The minimum absolute atomic E-state index is 0.0722. The smallest absolute Gasteiger partial charge is 0.271 e. The normalized spacial score (nSPS) is 17.0. The van der Waals surface area contributed by atoms with E-state index in [1.165, 1.54) is 11.3 Å². The molecule has 94 valence electrons. The molecule has 1 aliphatic heterocycles. The van der Waals surface area contributed by atoms with Crippen molar-refractivity contribution in [2.24, 2.45) is 0 Å². The summed E-state index contributed by atoms with van der Waals surface area (Å²) in [6.07, 6.45) is 0. The number of ether oxygens (including phenoxy) is 1. The third kappa shape index (κ3) is 3.49. The molecule has 5 nitrogen and oxygen atoms in total. The summed E-state index contributed by atoms with van der Waals surface area (Å²) in [5, 5.41) is 2.90. The van der Waals surface area contributed by atoms with Gasteiger partial charge in [0.15, 0.2) is 0 Å². The van der Waals surface area contributed by atoms with E-state index in [0.29, 0.717) is 12.2 Å². The molecular weight excluding hydrogens is 238 g/mol. The predicted octanol–water partition coefficient (Wildman–Crippen LogP) is 0.514. The molecule has 1 aromatic heterocycles. The molecule has 0 saturated carbocycles. The van der Waals surface area contributed by atoms with Gasteiger partial charge in [0.1, 0.15) is 5.69 Å². The van der Waals surface area contributed by atoms with Gasteiger partial charge in [0.2, 0.25) is 0 Å². The molecule has 0 radical (unpaired) electrons. The van der Waals surface area contributed by atoms with Crippen LogP contribution in [0.4, 0.5) is 0 Å². The Morgan fingerprint density at radius 2 is 2.35 bits per heavy atom. The van der Waals surface area contributed by atoms with Crippen LogP contribution in [0.25, 0.3) is 0 Å². The van der Waals surface area contributed by atoms with Crippen LogP contribution in [0.15, 0.2) is 5.51 Å². The Kier molecular flexibility index (Phi) is 4.47. The second-order valence-electron chi connectivity index (χ2n) is 3.97. The molecule has 0 spiro atoms. The molecule has 1 fully saturated rings. The number of nitrogens with one attached hydrogen (secondary N) is 1. The highest BCUT2D eigenvalue weighted by Gasteiger charge is 2.13. The number of rotatable bonds is 4. The van der Waals surface area contributed by atoms with Gasteiger partial charge in [-0.15, -0.1) is 11.3 Å². The van der Waals surface area contributed by atoms with E-state index in [1.807, 2.05) is 6.92 Å². The van der Waals surface area contributed by atoms with Crippen LogP contribution in [-0.2, 0) is 4.74 Å². The number of nitrogens with zero attached hydrogens (tertiary/aromatic N) is 2. The van der Waals surface area contributed by atoms with Crippen molar-refractivity contribution >= 4 is 17.2 Å². The number of morpholine rings is 1. The summed E-state index contributed by atoms with van der Waals surface area (Å²) in [4.78, 5) is 19.1. The maximum Gasteiger partial charge on any atom is 0.271 e. The van der Waals surface area contributed by atoms with E-state index in [1.54, 1.807) is 5.51 Å². The Balaban J connectivity index is 1.71. The Bertz CT molecular complexity index is 375.